The third-order valence-corrected chi connectivity index (χ3v) is 2.00. The molecule has 89 valence electrons. The Morgan fingerprint density at radius 2 is 1.81 bits per heavy atom. The summed E-state index contributed by atoms with van der Waals surface area (Å²) in [6.07, 6.45) is -4.47. The Balaban J connectivity index is 2.19. The fraction of sp³-hybridized carbons (Fsp3) is 0.455. The minimum Gasteiger partial charge on any atom is -0.491 e. The van der Waals surface area contributed by atoms with Crippen LogP contribution in [0.25, 0.3) is 0 Å². The second kappa shape index (κ2) is 5.63. The first-order valence-corrected chi connectivity index (χ1v) is 4.99. The molecule has 0 aliphatic carbocycles. The first-order chi connectivity index (χ1) is 7.49. The zero-order valence-electron chi connectivity index (χ0n) is 8.68. The number of ether oxygens (including phenoxy) is 1. The van der Waals surface area contributed by atoms with E-state index in [0.29, 0.717) is 12.2 Å². The summed E-state index contributed by atoms with van der Waals surface area (Å²) in [7, 11) is 0. The molecule has 0 aliphatic rings. The molecular weight excluding hydrogens is 219 g/mol. The third-order valence-electron chi connectivity index (χ3n) is 2.00. The van der Waals surface area contributed by atoms with Gasteiger partial charge in [-0.1, -0.05) is 12.1 Å². The molecule has 0 aromatic heterocycles. The van der Waals surface area contributed by atoms with E-state index in [4.69, 9.17) is 10.5 Å². The normalized spacial score (nSPS) is 11.4. The molecule has 0 fully saturated rings. The number of hydrogen-bond acceptors (Lipinski definition) is 1. The van der Waals surface area contributed by atoms with E-state index in [9.17, 15) is 13.2 Å². The maximum Gasteiger partial charge on any atom is 0.389 e. The molecule has 2 nitrogen and oxygen atoms in total. The van der Waals surface area contributed by atoms with Crippen LogP contribution in [0.3, 0.4) is 0 Å². The molecule has 0 bridgehead atoms. The van der Waals surface area contributed by atoms with Gasteiger partial charge in [0, 0.05) is 6.42 Å². The van der Waals surface area contributed by atoms with Crippen LogP contribution in [0.2, 0.25) is 0 Å². The molecule has 1 aromatic carbocycles. The summed E-state index contributed by atoms with van der Waals surface area (Å²) >= 11 is 0. The van der Waals surface area contributed by atoms with E-state index in [0.717, 1.165) is 0 Å². The van der Waals surface area contributed by atoms with Crippen LogP contribution in [-0.4, -0.2) is 12.8 Å². The van der Waals surface area contributed by atoms with Crippen molar-refractivity contribution in [2.45, 2.75) is 25.4 Å². The van der Waals surface area contributed by atoms with E-state index >= 15 is 0 Å². The lowest BCUT2D eigenvalue weighted by atomic mass is 10.2. The summed E-state index contributed by atoms with van der Waals surface area (Å²) in [5.74, 6) is 0.412. The van der Waals surface area contributed by atoms with Crippen LogP contribution < -0.4 is 10.5 Å². The van der Waals surface area contributed by atoms with Gasteiger partial charge in [-0.15, -0.1) is 0 Å². The number of nitrogens with one attached hydrogen (secondary N) is 1. The number of para-hydroxylation sites is 1. The van der Waals surface area contributed by atoms with Crippen LogP contribution in [0.15, 0.2) is 24.3 Å². The maximum absolute atomic E-state index is 11.8. The number of alkyl halides is 3. The van der Waals surface area contributed by atoms with Crippen LogP contribution in [0.5, 0.6) is 5.75 Å². The number of rotatable bonds is 5. The predicted molar refractivity (Wildman–Crippen MR) is 54.6 cm³/mol. The fourth-order valence-electron chi connectivity index (χ4n) is 1.20. The van der Waals surface area contributed by atoms with E-state index in [1.54, 1.807) is 24.3 Å². The molecule has 0 saturated heterocycles. The van der Waals surface area contributed by atoms with Gasteiger partial charge in [-0.3, -0.25) is 5.73 Å². The van der Waals surface area contributed by atoms with Crippen molar-refractivity contribution in [2.24, 2.45) is 0 Å². The zero-order chi connectivity index (χ0) is 12.0. The lowest BCUT2D eigenvalue weighted by Crippen LogP contribution is -2.07. The van der Waals surface area contributed by atoms with Crippen molar-refractivity contribution in [2.75, 3.05) is 6.61 Å². The standard InChI is InChI=1S/C11H13F3NO/c12-11(13,14)7-3-4-8-16-10-6-2-1-5-9(10)15/h1-2,5-6,15H,3-4,7-8H2. The van der Waals surface area contributed by atoms with Crippen molar-refractivity contribution >= 4 is 5.69 Å². The summed E-state index contributed by atoms with van der Waals surface area (Å²) in [4.78, 5) is 0. The quantitative estimate of drug-likeness (QED) is 0.712. The molecule has 1 N–H and O–H groups in total. The van der Waals surface area contributed by atoms with E-state index < -0.39 is 12.6 Å². The van der Waals surface area contributed by atoms with Crippen molar-refractivity contribution in [3.05, 3.63) is 24.3 Å². The van der Waals surface area contributed by atoms with Crippen molar-refractivity contribution < 1.29 is 17.9 Å². The van der Waals surface area contributed by atoms with Gasteiger partial charge in [0.2, 0.25) is 0 Å². The molecule has 0 amide bonds. The van der Waals surface area contributed by atoms with Crippen molar-refractivity contribution in [1.82, 2.24) is 5.73 Å². The second-order valence-corrected chi connectivity index (χ2v) is 3.42. The highest BCUT2D eigenvalue weighted by Crippen LogP contribution is 2.24. The Bertz CT molecular complexity index is 325. The summed E-state index contributed by atoms with van der Waals surface area (Å²) in [6.45, 7) is 0.214. The third kappa shape index (κ3) is 4.91. The second-order valence-electron chi connectivity index (χ2n) is 3.42. The highest BCUT2D eigenvalue weighted by atomic mass is 19.4. The highest BCUT2D eigenvalue weighted by molar-refractivity contribution is 5.48. The Morgan fingerprint density at radius 1 is 1.12 bits per heavy atom. The first-order valence-electron chi connectivity index (χ1n) is 4.99. The van der Waals surface area contributed by atoms with Crippen LogP contribution in [-0.2, 0) is 0 Å². The number of unbranched alkanes of at least 4 members (excludes halogenated alkanes) is 1. The fourth-order valence-corrected chi connectivity index (χ4v) is 1.20. The van der Waals surface area contributed by atoms with E-state index in [-0.39, 0.29) is 18.7 Å². The van der Waals surface area contributed by atoms with E-state index in [1.165, 1.54) is 0 Å². The van der Waals surface area contributed by atoms with E-state index in [1.807, 2.05) is 0 Å². The molecule has 1 radical (unpaired) electrons. The molecular formula is C11H13F3NO. The summed E-state index contributed by atoms with van der Waals surface area (Å²) < 4.78 is 40.6. The van der Waals surface area contributed by atoms with Gasteiger partial charge in [0.1, 0.15) is 5.75 Å². The molecule has 1 aromatic rings. The number of benzene rings is 1. The van der Waals surface area contributed by atoms with Crippen molar-refractivity contribution in [1.29, 1.82) is 0 Å². The first kappa shape index (κ1) is 12.7. The Morgan fingerprint density at radius 3 is 2.44 bits per heavy atom. The summed E-state index contributed by atoms with van der Waals surface area (Å²) in [5, 5.41) is 0. The number of hydrogen-bond donors (Lipinski definition) is 0. The molecule has 0 atom stereocenters. The van der Waals surface area contributed by atoms with Gasteiger partial charge in [0.05, 0.1) is 12.3 Å². The summed E-state index contributed by atoms with van der Waals surface area (Å²) in [5.41, 5.74) is 7.69. The minimum atomic E-state index is -4.09. The predicted octanol–water partition coefficient (Wildman–Crippen LogP) is 3.71. The Labute approximate surface area is 92.2 Å². The molecule has 16 heavy (non-hydrogen) atoms. The van der Waals surface area contributed by atoms with Crippen LogP contribution in [0.4, 0.5) is 18.9 Å². The van der Waals surface area contributed by atoms with Gasteiger partial charge in [-0.05, 0) is 25.0 Å². The molecule has 0 unspecified atom stereocenters. The summed E-state index contributed by atoms with van der Waals surface area (Å²) in [6, 6.07) is 6.64. The molecule has 5 heteroatoms. The zero-order valence-corrected chi connectivity index (χ0v) is 8.68. The van der Waals surface area contributed by atoms with Gasteiger partial charge in [-0.25, -0.2) is 0 Å². The highest BCUT2D eigenvalue weighted by Gasteiger charge is 2.25. The Kier molecular flexibility index (Phi) is 4.46. The van der Waals surface area contributed by atoms with Gasteiger partial charge >= 0.3 is 6.18 Å². The van der Waals surface area contributed by atoms with Crippen LogP contribution in [0, 0.1) is 0 Å². The molecule has 0 heterocycles. The van der Waals surface area contributed by atoms with Crippen LogP contribution in [0.1, 0.15) is 19.3 Å². The lowest BCUT2D eigenvalue weighted by molar-refractivity contribution is -0.135. The average molecular weight is 232 g/mol. The van der Waals surface area contributed by atoms with Crippen molar-refractivity contribution in [3.63, 3.8) is 0 Å². The largest absolute Gasteiger partial charge is 0.491 e. The molecule has 0 saturated carbocycles. The van der Waals surface area contributed by atoms with Crippen molar-refractivity contribution in [3.8, 4) is 5.75 Å². The smallest absolute Gasteiger partial charge is 0.389 e. The van der Waals surface area contributed by atoms with Crippen LogP contribution >= 0.6 is 0 Å². The average Bonchev–Trinajstić information content (AvgIpc) is 2.18. The molecule has 0 spiro atoms. The van der Waals surface area contributed by atoms with Gasteiger partial charge in [-0.2, -0.15) is 13.2 Å². The SMILES string of the molecule is [NH]c1ccccc1OCCCCC(F)(F)F. The monoisotopic (exact) mass is 232 g/mol. The minimum absolute atomic E-state index is 0.0592. The molecule has 0 aliphatic heterocycles. The topological polar surface area (TPSA) is 33.0 Å². The van der Waals surface area contributed by atoms with E-state index in [2.05, 4.69) is 0 Å². The molecule has 1 rings (SSSR count). The lowest BCUT2D eigenvalue weighted by Gasteiger charge is -2.08. The Hall–Kier alpha value is -1.39. The van der Waals surface area contributed by atoms with Gasteiger partial charge < -0.3 is 4.74 Å². The van der Waals surface area contributed by atoms with Gasteiger partial charge in [0.15, 0.2) is 0 Å². The number of halogens is 3. The van der Waals surface area contributed by atoms with Gasteiger partial charge in [0.25, 0.3) is 0 Å². The maximum atomic E-state index is 11.8.